The molecule has 2 N–H and O–H groups in total. The van der Waals surface area contributed by atoms with Crippen molar-refractivity contribution in [2.75, 3.05) is 43.5 Å². The van der Waals surface area contributed by atoms with Crippen molar-refractivity contribution >= 4 is 45.6 Å². The Bertz CT molecular complexity index is 1150. The lowest BCUT2D eigenvalue weighted by Crippen LogP contribution is -2.37. The zero-order chi connectivity index (χ0) is 23.2. The van der Waals surface area contributed by atoms with Crippen molar-refractivity contribution in [3.63, 3.8) is 0 Å². The Morgan fingerprint density at radius 1 is 1.15 bits per heavy atom. The van der Waals surface area contributed by atoms with Crippen molar-refractivity contribution in [2.45, 2.75) is 13.3 Å². The number of amides is 2. The fourth-order valence-electron chi connectivity index (χ4n) is 4.10. The van der Waals surface area contributed by atoms with E-state index in [-0.39, 0.29) is 24.3 Å². The molecule has 0 saturated carbocycles. The summed E-state index contributed by atoms with van der Waals surface area (Å²) in [6.07, 6.45) is 4.56. The molecule has 0 bridgehead atoms. The van der Waals surface area contributed by atoms with Crippen LogP contribution in [0.2, 0.25) is 5.02 Å². The third kappa shape index (κ3) is 6.51. The van der Waals surface area contributed by atoms with E-state index in [1.807, 2.05) is 12.3 Å². The van der Waals surface area contributed by atoms with Crippen LogP contribution in [0.1, 0.15) is 12.5 Å². The predicted molar refractivity (Wildman–Crippen MR) is 131 cm³/mol. The Labute approximate surface area is 198 Å². The molecule has 2 aromatic carbocycles. The molecule has 4 rings (SSSR count). The number of nitrogens with one attached hydrogen (secondary N) is 2. The van der Waals surface area contributed by atoms with Crippen molar-refractivity contribution in [1.82, 2.24) is 9.88 Å². The van der Waals surface area contributed by atoms with Crippen molar-refractivity contribution in [2.24, 2.45) is 5.92 Å². The largest absolute Gasteiger partial charge is 0.380 e. The number of halogens is 1. The van der Waals surface area contributed by atoms with E-state index in [0.717, 1.165) is 18.4 Å². The van der Waals surface area contributed by atoms with Crippen LogP contribution in [0.5, 0.6) is 0 Å². The van der Waals surface area contributed by atoms with Gasteiger partial charge in [0.05, 0.1) is 30.5 Å². The van der Waals surface area contributed by atoms with E-state index < -0.39 is 0 Å². The molecule has 3 aromatic rings. The van der Waals surface area contributed by atoms with E-state index in [2.05, 4.69) is 38.7 Å². The van der Waals surface area contributed by atoms with E-state index >= 15 is 0 Å². The number of carbonyl (C=O) groups is 2. The van der Waals surface area contributed by atoms with Crippen LogP contribution in [0.4, 0.5) is 11.4 Å². The second-order valence-electron chi connectivity index (χ2n) is 8.36. The molecule has 1 aliphatic heterocycles. The number of ether oxygens (including phenoxy) is 1. The van der Waals surface area contributed by atoms with Crippen LogP contribution < -0.4 is 10.6 Å². The maximum absolute atomic E-state index is 12.7. The van der Waals surface area contributed by atoms with Gasteiger partial charge in [-0.2, -0.15) is 0 Å². The lowest BCUT2D eigenvalue weighted by molar-refractivity contribution is -0.117. The molecular weight excluding hydrogens is 440 g/mol. The van der Waals surface area contributed by atoms with E-state index in [0.29, 0.717) is 36.2 Å². The number of anilines is 2. The van der Waals surface area contributed by atoms with Gasteiger partial charge in [0.2, 0.25) is 11.8 Å². The smallest absolute Gasteiger partial charge is 0.238 e. The second-order valence-corrected chi connectivity index (χ2v) is 8.77. The van der Waals surface area contributed by atoms with Gasteiger partial charge in [-0.25, -0.2) is 0 Å². The highest BCUT2D eigenvalue weighted by atomic mass is 35.5. The van der Waals surface area contributed by atoms with Gasteiger partial charge in [0.15, 0.2) is 0 Å². The van der Waals surface area contributed by atoms with Crippen LogP contribution >= 0.6 is 11.6 Å². The lowest BCUT2D eigenvalue weighted by atomic mass is 9.98. The number of hydrogen-bond donors (Lipinski definition) is 2. The van der Waals surface area contributed by atoms with Crippen LogP contribution in [-0.4, -0.2) is 54.5 Å². The summed E-state index contributed by atoms with van der Waals surface area (Å²) in [4.78, 5) is 30.2. The van der Waals surface area contributed by atoms with E-state index in [4.69, 9.17) is 16.3 Å². The van der Waals surface area contributed by atoms with E-state index in [9.17, 15) is 9.59 Å². The van der Waals surface area contributed by atoms with Gasteiger partial charge in [0.1, 0.15) is 0 Å². The first kappa shape index (κ1) is 23.2. The van der Waals surface area contributed by atoms with Gasteiger partial charge in [-0.15, -0.1) is 0 Å². The van der Waals surface area contributed by atoms with Gasteiger partial charge in [-0.3, -0.25) is 19.5 Å². The molecule has 1 unspecified atom stereocenters. The molecule has 8 heteroatoms. The normalized spacial score (nSPS) is 16.8. The maximum Gasteiger partial charge on any atom is 0.238 e. The minimum absolute atomic E-state index is 0.137. The van der Waals surface area contributed by atoms with Gasteiger partial charge >= 0.3 is 0 Å². The van der Waals surface area contributed by atoms with Crippen molar-refractivity contribution in [3.8, 4) is 0 Å². The summed E-state index contributed by atoms with van der Waals surface area (Å²) in [5.41, 5.74) is 2.34. The molecule has 33 heavy (non-hydrogen) atoms. The number of fused-ring (bicyclic) bond motifs is 1. The molecule has 1 aromatic heterocycles. The van der Waals surface area contributed by atoms with Crippen LogP contribution in [0.25, 0.3) is 10.8 Å². The van der Waals surface area contributed by atoms with Gasteiger partial charge in [0, 0.05) is 43.5 Å². The molecule has 0 radical (unpaired) electrons. The van der Waals surface area contributed by atoms with Crippen LogP contribution in [0, 0.1) is 5.92 Å². The van der Waals surface area contributed by atoms with Crippen molar-refractivity contribution < 1.29 is 14.3 Å². The zero-order valence-electron chi connectivity index (χ0n) is 18.5. The third-order valence-electron chi connectivity index (χ3n) is 5.58. The van der Waals surface area contributed by atoms with Crippen molar-refractivity contribution in [1.29, 1.82) is 0 Å². The minimum Gasteiger partial charge on any atom is -0.380 e. The molecule has 2 amide bonds. The molecule has 7 nitrogen and oxygen atoms in total. The average Bonchev–Trinajstić information content (AvgIpc) is 3.00. The molecule has 172 valence electrons. The zero-order valence-corrected chi connectivity index (χ0v) is 19.3. The van der Waals surface area contributed by atoms with Crippen LogP contribution in [0.15, 0.2) is 54.9 Å². The first-order valence-electron chi connectivity index (χ1n) is 11.0. The summed E-state index contributed by atoms with van der Waals surface area (Å²) in [6, 6.07) is 13.5. The molecule has 1 saturated heterocycles. The summed E-state index contributed by atoms with van der Waals surface area (Å²) in [5.74, 6) is -0.0299. The Morgan fingerprint density at radius 3 is 2.85 bits per heavy atom. The Balaban J connectivity index is 1.35. The maximum atomic E-state index is 12.7. The molecular formula is C25H27ClN4O3. The van der Waals surface area contributed by atoms with E-state index in [1.165, 1.54) is 17.9 Å². The number of pyridine rings is 1. The third-order valence-corrected chi connectivity index (χ3v) is 5.89. The number of nitrogens with zero attached hydrogens (tertiary/aromatic N) is 2. The topological polar surface area (TPSA) is 83.6 Å². The monoisotopic (exact) mass is 466 g/mol. The summed E-state index contributed by atoms with van der Waals surface area (Å²) >= 11 is 6.28. The molecule has 2 heterocycles. The number of carbonyl (C=O) groups excluding carboxylic acids is 2. The summed E-state index contributed by atoms with van der Waals surface area (Å²) in [5, 5.41) is 8.22. The molecule has 1 fully saturated rings. The molecule has 1 aliphatic rings. The molecule has 1 atom stereocenters. The number of aromatic nitrogens is 1. The highest BCUT2D eigenvalue weighted by Gasteiger charge is 2.21. The highest BCUT2D eigenvalue weighted by Crippen LogP contribution is 2.26. The summed E-state index contributed by atoms with van der Waals surface area (Å²) in [6.45, 7) is 4.41. The first-order chi connectivity index (χ1) is 16.0. The quantitative estimate of drug-likeness (QED) is 0.574. The van der Waals surface area contributed by atoms with Gasteiger partial charge in [-0.05, 0) is 53.6 Å². The lowest BCUT2D eigenvalue weighted by Gasteiger charge is -2.23. The van der Waals surface area contributed by atoms with Crippen molar-refractivity contribution in [3.05, 3.63) is 65.4 Å². The fraction of sp³-hybridized carbons (Fsp3) is 0.320. The Morgan fingerprint density at radius 2 is 2.03 bits per heavy atom. The predicted octanol–water partition coefficient (Wildman–Crippen LogP) is 3.98. The Kier molecular flexibility index (Phi) is 7.54. The first-order valence-corrected chi connectivity index (χ1v) is 11.3. The van der Waals surface area contributed by atoms with Crippen LogP contribution in [0.3, 0.4) is 0 Å². The fourth-order valence-corrected chi connectivity index (χ4v) is 4.33. The molecule has 0 spiro atoms. The van der Waals surface area contributed by atoms with Gasteiger partial charge in [0.25, 0.3) is 0 Å². The summed E-state index contributed by atoms with van der Waals surface area (Å²) < 4.78 is 5.82. The molecule has 0 aliphatic carbocycles. The Hall–Kier alpha value is -3.00. The number of hydrogen-bond acceptors (Lipinski definition) is 5. The SMILES string of the molecule is CC(=O)Nc1ccc(NC(=O)CN2CCOCC(Cc3ccc4ccncc4c3)C2)c(Cl)c1. The van der Waals surface area contributed by atoms with Gasteiger partial charge in [-0.1, -0.05) is 23.7 Å². The van der Waals surface area contributed by atoms with Crippen LogP contribution in [-0.2, 0) is 20.7 Å². The standard InChI is InChI=1S/C25H27ClN4O3/c1-17(31)28-22-4-5-24(23(26)12-22)29-25(32)15-30-8-9-33-16-19(14-30)10-18-2-3-20-6-7-27-13-21(20)11-18/h2-7,11-13,19H,8-10,14-16H2,1H3,(H,28,31)(H,29,32). The average molecular weight is 467 g/mol. The number of rotatable bonds is 6. The minimum atomic E-state index is -0.179. The second kappa shape index (κ2) is 10.7. The van der Waals surface area contributed by atoms with Gasteiger partial charge < -0.3 is 15.4 Å². The highest BCUT2D eigenvalue weighted by molar-refractivity contribution is 6.34. The van der Waals surface area contributed by atoms with E-state index in [1.54, 1.807) is 24.4 Å². The summed E-state index contributed by atoms with van der Waals surface area (Å²) in [7, 11) is 0. The number of benzene rings is 2.